The normalized spacial score (nSPS) is 18.3. The fourth-order valence-electron chi connectivity index (χ4n) is 2.74. The molecule has 0 radical (unpaired) electrons. The third-order valence-corrected chi connectivity index (χ3v) is 3.89. The molecule has 6 heteroatoms. The second kappa shape index (κ2) is 8.76. The summed E-state index contributed by atoms with van der Waals surface area (Å²) in [5, 5.41) is 12.0. The number of carbonyl (C=O) groups excluding carboxylic acids is 1. The van der Waals surface area contributed by atoms with Crippen LogP contribution in [0, 0.1) is 5.92 Å². The fourth-order valence-corrected chi connectivity index (χ4v) is 2.74. The number of para-hydroxylation sites is 1. The Labute approximate surface area is 137 Å². The predicted octanol–water partition coefficient (Wildman–Crippen LogP) is 2.41. The van der Waals surface area contributed by atoms with Gasteiger partial charge in [0, 0.05) is 12.2 Å². The number of piperidine rings is 1. The van der Waals surface area contributed by atoms with Crippen molar-refractivity contribution in [1.29, 1.82) is 0 Å². The summed E-state index contributed by atoms with van der Waals surface area (Å²) < 4.78 is 0. The van der Waals surface area contributed by atoms with E-state index >= 15 is 0 Å². The van der Waals surface area contributed by atoms with Crippen LogP contribution in [-0.4, -0.2) is 41.5 Å². The Hall–Kier alpha value is -1.59. The van der Waals surface area contributed by atoms with Gasteiger partial charge in [-0.05, 0) is 37.4 Å². The molecule has 22 heavy (non-hydrogen) atoms. The number of hydrogen-bond donors (Lipinski definition) is 2. The standard InChI is InChI=1S/C16H22N2O3.ClH/c1-2-12-6-3-4-8-14(12)17-15(19)11-18-9-5-7-13(10-18)16(20)21;/h3-4,6,8,13H,2,5,7,9-11H2,1H3,(H,17,19)(H,20,21);1H. The summed E-state index contributed by atoms with van der Waals surface area (Å²) in [6, 6.07) is 7.75. The first-order chi connectivity index (χ1) is 10.1. The number of anilines is 1. The number of benzene rings is 1. The molecule has 1 amide bonds. The van der Waals surface area contributed by atoms with Crippen LogP contribution in [0.15, 0.2) is 24.3 Å². The van der Waals surface area contributed by atoms with Crippen molar-refractivity contribution >= 4 is 30.0 Å². The van der Waals surface area contributed by atoms with Crippen molar-refractivity contribution in [3.63, 3.8) is 0 Å². The van der Waals surface area contributed by atoms with Crippen LogP contribution in [0.25, 0.3) is 0 Å². The molecule has 0 aromatic heterocycles. The van der Waals surface area contributed by atoms with E-state index in [9.17, 15) is 9.59 Å². The number of aliphatic carboxylic acids is 1. The molecule has 0 saturated carbocycles. The van der Waals surface area contributed by atoms with Gasteiger partial charge < -0.3 is 10.4 Å². The molecule has 1 heterocycles. The maximum absolute atomic E-state index is 12.1. The van der Waals surface area contributed by atoms with Gasteiger partial charge in [0.1, 0.15) is 0 Å². The maximum atomic E-state index is 12.1. The Kier molecular flexibility index (Phi) is 7.35. The van der Waals surface area contributed by atoms with Crippen molar-refractivity contribution in [3.05, 3.63) is 29.8 Å². The molecule has 5 nitrogen and oxygen atoms in total. The minimum atomic E-state index is -0.767. The molecule has 2 N–H and O–H groups in total. The van der Waals surface area contributed by atoms with E-state index < -0.39 is 5.97 Å². The number of hydrogen-bond acceptors (Lipinski definition) is 3. The van der Waals surface area contributed by atoms with E-state index in [1.807, 2.05) is 36.1 Å². The van der Waals surface area contributed by atoms with E-state index in [4.69, 9.17) is 5.11 Å². The Bertz CT molecular complexity index is 522. The van der Waals surface area contributed by atoms with Gasteiger partial charge in [-0.1, -0.05) is 25.1 Å². The van der Waals surface area contributed by atoms with Gasteiger partial charge in [0.25, 0.3) is 0 Å². The highest BCUT2D eigenvalue weighted by atomic mass is 35.5. The average Bonchev–Trinajstić information content (AvgIpc) is 2.48. The molecule has 1 aromatic carbocycles. The summed E-state index contributed by atoms with van der Waals surface area (Å²) >= 11 is 0. The highest BCUT2D eigenvalue weighted by Gasteiger charge is 2.26. The molecule has 122 valence electrons. The van der Waals surface area contributed by atoms with Crippen LogP contribution in [0.5, 0.6) is 0 Å². The van der Waals surface area contributed by atoms with Crippen molar-refractivity contribution in [2.75, 3.05) is 25.0 Å². The number of halogens is 1. The quantitative estimate of drug-likeness (QED) is 0.871. The number of nitrogens with zero attached hydrogens (tertiary/aromatic N) is 1. The summed E-state index contributed by atoms with van der Waals surface area (Å²) in [5.74, 6) is -1.20. The van der Waals surface area contributed by atoms with Gasteiger partial charge in [-0.25, -0.2) is 0 Å². The minimum Gasteiger partial charge on any atom is -0.481 e. The lowest BCUT2D eigenvalue weighted by molar-refractivity contribution is -0.144. The van der Waals surface area contributed by atoms with Crippen molar-refractivity contribution in [1.82, 2.24) is 4.90 Å². The van der Waals surface area contributed by atoms with Crippen molar-refractivity contribution < 1.29 is 14.7 Å². The van der Waals surface area contributed by atoms with E-state index in [1.165, 1.54) is 0 Å². The smallest absolute Gasteiger partial charge is 0.307 e. The van der Waals surface area contributed by atoms with E-state index in [0.717, 1.165) is 30.6 Å². The molecule has 0 bridgehead atoms. The third kappa shape index (κ3) is 5.00. The van der Waals surface area contributed by atoms with Crippen molar-refractivity contribution in [2.45, 2.75) is 26.2 Å². The Morgan fingerprint density at radius 2 is 2.09 bits per heavy atom. The van der Waals surface area contributed by atoms with Crippen LogP contribution in [0.2, 0.25) is 0 Å². The van der Waals surface area contributed by atoms with E-state index in [1.54, 1.807) is 0 Å². The molecule has 1 aromatic rings. The van der Waals surface area contributed by atoms with Gasteiger partial charge in [-0.15, -0.1) is 12.4 Å². The number of carbonyl (C=O) groups is 2. The number of amides is 1. The molecular weight excluding hydrogens is 304 g/mol. The Morgan fingerprint density at radius 1 is 1.36 bits per heavy atom. The summed E-state index contributed by atoms with van der Waals surface area (Å²) in [6.07, 6.45) is 2.39. The topological polar surface area (TPSA) is 69.6 Å². The number of nitrogens with one attached hydrogen (secondary N) is 1. The van der Waals surface area contributed by atoms with Crippen LogP contribution < -0.4 is 5.32 Å². The van der Waals surface area contributed by atoms with E-state index in [0.29, 0.717) is 13.0 Å². The van der Waals surface area contributed by atoms with Crippen LogP contribution in [-0.2, 0) is 16.0 Å². The second-order valence-corrected chi connectivity index (χ2v) is 5.47. The lowest BCUT2D eigenvalue weighted by Crippen LogP contribution is -2.42. The monoisotopic (exact) mass is 326 g/mol. The third-order valence-electron chi connectivity index (χ3n) is 3.89. The summed E-state index contributed by atoms with van der Waals surface area (Å²) in [4.78, 5) is 25.1. The highest BCUT2D eigenvalue weighted by molar-refractivity contribution is 5.93. The zero-order chi connectivity index (χ0) is 15.2. The summed E-state index contributed by atoms with van der Waals surface area (Å²) in [6.45, 7) is 3.54. The lowest BCUT2D eigenvalue weighted by atomic mass is 9.98. The van der Waals surface area contributed by atoms with E-state index in [2.05, 4.69) is 5.32 Å². The van der Waals surface area contributed by atoms with Crippen LogP contribution in [0.3, 0.4) is 0 Å². The molecule has 1 atom stereocenters. The van der Waals surface area contributed by atoms with Gasteiger partial charge >= 0.3 is 5.97 Å². The van der Waals surface area contributed by atoms with Crippen molar-refractivity contribution in [3.8, 4) is 0 Å². The van der Waals surface area contributed by atoms with Crippen LogP contribution in [0.1, 0.15) is 25.3 Å². The van der Waals surface area contributed by atoms with E-state index in [-0.39, 0.29) is 30.8 Å². The Morgan fingerprint density at radius 3 is 2.77 bits per heavy atom. The van der Waals surface area contributed by atoms with Gasteiger partial charge in [-0.2, -0.15) is 0 Å². The zero-order valence-corrected chi connectivity index (χ0v) is 13.6. The van der Waals surface area contributed by atoms with Gasteiger partial charge in [-0.3, -0.25) is 14.5 Å². The number of carboxylic acids is 1. The molecule has 1 saturated heterocycles. The maximum Gasteiger partial charge on any atom is 0.307 e. The first-order valence-corrected chi connectivity index (χ1v) is 7.43. The SMILES string of the molecule is CCc1ccccc1NC(=O)CN1CCCC(C(=O)O)C1.Cl. The lowest BCUT2D eigenvalue weighted by Gasteiger charge is -2.30. The molecular formula is C16H23ClN2O3. The van der Waals surface area contributed by atoms with Crippen molar-refractivity contribution in [2.24, 2.45) is 5.92 Å². The fraction of sp³-hybridized carbons (Fsp3) is 0.500. The average molecular weight is 327 g/mol. The Balaban J connectivity index is 0.00000242. The molecule has 0 spiro atoms. The summed E-state index contributed by atoms with van der Waals surface area (Å²) in [5.41, 5.74) is 1.95. The van der Waals surface area contributed by atoms with Crippen LogP contribution in [0.4, 0.5) is 5.69 Å². The number of likely N-dealkylation sites (tertiary alicyclic amines) is 1. The zero-order valence-electron chi connectivity index (χ0n) is 12.7. The largest absolute Gasteiger partial charge is 0.481 e. The first-order valence-electron chi connectivity index (χ1n) is 7.43. The molecule has 0 aliphatic carbocycles. The van der Waals surface area contributed by atoms with Gasteiger partial charge in [0.05, 0.1) is 12.5 Å². The van der Waals surface area contributed by atoms with Crippen LogP contribution >= 0.6 is 12.4 Å². The number of aryl methyl sites for hydroxylation is 1. The van der Waals surface area contributed by atoms with Gasteiger partial charge in [0.2, 0.25) is 5.91 Å². The predicted molar refractivity (Wildman–Crippen MR) is 88.5 cm³/mol. The first kappa shape index (κ1) is 18.5. The minimum absolute atomic E-state index is 0. The summed E-state index contributed by atoms with van der Waals surface area (Å²) in [7, 11) is 0. The molecule has 1 fully saturated rings. The molecule has 1 unspecified atom stereocenters. The molecule has 1 aliphatic rings. The highest BCUT2D eigenvalue weighted by Crippen LogP contribution is 2.18. The molecule has 2 rings (SSSR count). The second-order valence-electron chi connectivity index (χ2n) is 5.47. The molecule has 1 aliphatic heterocycles. The number of carboxylic acid groups (broad SMARTS) is 1. The number of rotatable bonds is 5. The van der Waals surface area contributed by atoms with Gasteiger partial charge in [0.15, 0.2) is 0 Å².